The molecule has 230 valence electrons. The number of hydrogen-bond donors (Lipinski definition) is 4. The molecule has 12 nitrogen and oxygen atoms in total. The van der Waals surface area contributed by atoms with E-state index in [1.54, 1.807) is 24.3 Å². The summed E-state index contributed by atoms with van der Waals surface area (Å²) in [6.07, 6.45) is 3.47. The van der Waals surface area contributed by atoms with Gasteiger partial charge in [-0.05, 0) is 48.7 Å². The van der Waals surface area contributed by atoms with Crippen molar-refractivity contribution in [3.63, 3.8) is 0 Å². The first kappa shape index (κ1) is 32.7. The van der Waals surface area contributed by atoms with E-state index in [0.717, 1.165) is 49.2 Å². The van der Waals surface area contributed by atoms with Gasteiger partial charge in [0, 0.05) is 27.9 Å². The molecule has 0 aliphatic carbocycles. The highest BCUT2D eigenvalue weighted by Crippen LogP contribution is 2.45. The second-order valence-corrected chi connectivity index (χ2v) is 13.7. The molecule has 0 aliphatic heterocycles. The molecule has 0 aliphatic rings. The molecule has 1 heterocycles. The summed E-state index contributed by atoms with van der Waals surface area (Å²) in [6.45, 7) is 4.04. The molecule has 0 saturated carbocycles. The number of azo groups is 1. The monoisotopic (exact) mass is 655 g/mol. The Balaban J connectivity index is 1.75. The first-order valence-electron chi connectivity index (χ1n) is 13.5. The van der Waals surface area contributed by atoms with E-state index >= 15 is 0 Å². The van der Waals surface area contributed by atoms with E-state index in [4.69, 9.17) is 5.73 Å². The van der Waals surface area contributed by atoms with Gasteiger partial charge in [0.2, 0.25) is 5.91 Å². The number of carbonyl (C=O) groups excluding carboxylic acids is 1. The quantitative estimate of drug-likeness (QED) is 0.0957. The maximum absolute atomic E-state index is 12.7. The highest BCUT2D eigenvalue weighted by Gasteiger charge is 2.23. The third-order valence-electron chi connectivity index (χ3n) is 6.95. The number of anilines is 2. The average Bonchev–Trinajstić information content (AvgIpc) is 3.29. The second kappa shape index (κ2) is 13.2. The Bertz CT molecular complexity index is 2010. The molecule has 0 bridgehead atoms. The van der Waals surface area contributed by atoms with Crippen molar-refractivity contribution in [3.05, 3.63) is 60.2 Å². The number of fused-ring (bicyclic) bond motifs is 1. The van der Waals surface area contributed by atoms with Gasteiger partial charge < -0.3 is 11.1 Å². The molecule has 3 aromatic carbocycles. The van der Waals surface area contributed by atoms with Crippen LogP contribution in [-0.2, 0) is 25.0 Å². The summed E-state index contributed by atoms with van der Waals surface area (Å²) in [5, 5.41) is 21.0. The van der Waals surface area contributed by atoms with Crippen LogP contribution in [0.2, 0.25) is 0 Å². The molecule has 0 radical (unpaired) electrons. The van der Waals surface area contributed by atoms with Crippen LogP contribution in [0.15, 0.2) is 74.6 Å². The second-order valence-electron chi connectivity index (χ2n) is 9.89. The van der Waals surface area contributed by atoms with E-state index in [2.05, 4.69) is 28.5 Å². The summed E-state index contributed by atoms with van der Waals surface area (Å²) < 4.78 is 67.8. The van der Waals surface area contributed by atoms with E-state index < -0.39 is 30.0 Å². The molecule has 5 N–H and O–H groups in total. The summed E-state index contributed by atoms with van der Waals surface area (Å²) in [4.78, 5) is 11.5. The van der Waals surface area contributed by atoms with Gasteiger partial charge >= 0.3 is 0 Å². The number of nitrogens with one attached hydrogen (secondary N) is 1. The van der Waals surface area contributed by atoms with Gasteiger partial charge in [-0.15, -0.1) is 10.2 Å². The van der Waals surface area contributed by atoms with Crippen LogP contribution in [0.5, 0.6) is 0 Å². The average molecular weight is 656 g/mol. The van der Waals surface area contributed by atoms with Gasteiger partial charge in [-0.2, -0.15) is 22.1 Å². The highest BCUT2D eigenvalue weighted by molar-refractivity contribution is 7.86. The molecule has 0 saturated heterocycles. The number of rotatable bonds is 11. The Morgan fingerprint density at radius 3 is 2.27 bits per heavy atom. The van der Waals surface area contributed by atoms with Crippen molar-refractivity contribution in [2.75, 3.05) is 11.1 Å². The Morgan fingerprint density at radius 2 is 1.68 bits per heavy atom. The highest BCUT2D eigenvalue weighted by atomic mass is 32.2. The van der Waals surface area contributed by atoms with Crippen LogP contribution >= 0.6 is 11.3 Å². The molecule has 0 spiro atoms. The van der Waals surface area contributed by atoms with E-state index in [1.165, 1.54) is 18.2 Å². The van der Waals surface area contributed by atoms with Gasteiger partial charge in [0.15, 0.2) is 0 Å². The normalized spacial score (nSPS) is 12.8. The number of thiophene rings is 1. The van der Waals surface area contributed by atoms with Crippen LogP contribution in [-0.4, -0.2) is 31.8 Å². The van der Waals surface area contributed by atoms with E-state index in [9.17, 15) is 36.0 Å². The fraction of sp³-hybridized carbons (Fsp3) is 0.241. The van der Waals surface area contributed by atoms with E-state index in [0.29, 0.717) is 16.8 Å². The molecule has 1 atom stereocenters. The first-order valence-corrected chi connectivity index (χ1v) is 17.1. The Morgan fingerprint density at radius 1 is 1.00 bits per heavy atom. The molecule has 1 amide bonds. The largest absolute Gasteiger partial charge is 0.389 e. The SMILES string of the molecule is CCCCC(CC)C(=O)Nc1ccc(-c2c(N=Nc3cc(S(=O)(=O)O)c4cccc(S(=O)(=O)O)c4c3)sc(N)c2C#N)cc1. The minimum absolute atomic E-state index is 0.0718. The number of unbranched alkanes of at least 4 members (excludes halogenated alkanes) is 1. The molecule has 44 heavy (non-hydrogen) atoms. The summed E-state index contributed by atoms with van der Waals surface area (Å²) in [6, 6.07) is 14.6. The Labute approximate surface area is 258 Å². The lowest BCUT2D eigenvalue weighted by atomic mass is 9.98. The number of amides is 1. The molecule has 0 fully saturated rings. The molecule has 4 aromatic rings. The minimum atomic E-state index is -4.85. The number of benzene rings is 3. The number of nitrogens with two attached hydrogens (primary N) is 1. The van der Waals surface area contributed by atoms with Crippen molar-refractivity contribution in [2.24, 2.45) is 16.1 Å². The van der Waals surface area contributed by atoms with Crippen LogP contribution in [0.25, 0.3) is 21.9 Å². The summed E-state index contributed by atoms with van der Waals surface area (Å²) >= 11 is 0.951. The summed E-state index contributed by atoms with van der Waals surface area (Å²) in [7, 11) is -9.62. The fourth-order valence-corrected chi connectivity index (χ4v) is 7.01. The lowest BCUT2D eigenvalue weighted by molar-refractivity contribution is -0.120. The van der Waals surface area contributed by atoms with Crippen molar-refractivity contribution in [2.45, 2.75) is 49.3 Å². The van der Waals surface area contributed by atoms with Crippen LogP contribution in [0, 0.1) is 17.2 Å². The zero-order valence-electron chi connectivity index (χ0n) is 23.7. The number of nitrogens with zero attached hydrogens (tertiary/aromatic N) is 3. The van der Waals surface area contributed by atoms with Gasteiger partial charge in [-0.3, -0.25) is 13.9 Å². The maximum Gasteiger partial charge on any atom is 0.295 e. The number of carbonyl (C=O) groups is 1. The van der Waals surface area contributed by atoms with Crippen LogP contribution in [0.3, 0.4) is 0 Å². The van der Waals surface area contributed by atoms with Crippen molar-refractivity contribution < 1.29 is 30.7 Å². The van der Waals surface area contributed by atoms with Crippen molar-refractivity contribution in [3.8, 4) is 17.2 Å². The maximum atomic E-state index is 12.7. The topological polar surface area (TPSA) is 212 Å². The smallest absolute Gasteiger partial charge is 0.295 e. The van der Waals surface area contributed by atoms with Gasteiger partial charge in [0.1, 0.15) is 25.9 Å². The van der Waals surface area contributed by atoms with Gasteiger partial charge in [0.05, 0.1) is 11.3 Å². The minimum Gasteiger partial charge on any atom is -0.389 e. The summed E-state index contributed by atoms with van der Waals surface area (Å²) in [5.41, 5.74) is 7.54. The number of hydrogen-bond acceptors (Lipinski definition) is 10. The third-order valence-corrected chi connectivity index (χ3v) is 9.66. The van der Waals surface area contributed by atoms with Crippen LogP contribution in [0.4, 0.5) is 21.4 Å². The molecular formula is C29H29N5O7S3. The fourth-order valence-electron chi connectivity index (χ4n) is 4.73. The zero-order chi connectivity index (χ0) is 32.2. The molecule has 1 unspecified atom stereocenters. The van der Waals surface area contributed by atoms with Crippen molar-refractivity contribution in [1.29, 1.82) is 5.26 Å². The predicted molar refractivity (Wildman–Crippen MR) is 169 cm³/mol. The van der Waals surface area contributed by atoms with E-state index in [-0.39, 0.29) is 43.9 Å². The van der Waals surface area contributed by atoms with E-state index in [1.807, 2.05) is 6.92 Å². The number of nitrogen functional groups attached to an aromatic ring is 1. The van der Waals surface area contributed by atoms with Crippen molar-refractivity contribution in [1.82, 2.24) is 0 Å². The summed E-state index contributed by atoms with van der Waals surface area (Å²) in [5.74, 6) is -0.175. The lowest BCUT2D eigenvalue weighted by Gasteiger charge is -2.14. The van der Waals surface area contributed by atoms with Gasteiger partial charge in [-0.1, -0.05) is 62.3 Å². The zero-order valence-corrected chi connectivity index (χ0v) is 26.1. The van der Waals surface area contributed by atoms with Gasteiger partial charge in [0.25, 0.3) is 20.2 Å². The standard InChI is InChI=1S/C29H29N5O7S3/c1-3-5-7-17(4-2)28(35)32-19-12-10-18(11-13-19)26-23(16-30)27(31)42-29(26)34-33-20-14-22-21(25(15-20)44(39,40)41)8-6-9-24(22)43(36,37)38/h6,8-15,17H,3-5,7,31H2,1-2H3,(H,32,35)(H,36,37,38)(H,39,40,41). The van der Waals surface area contributed by atoms with Gasteiger partial charge in [-0.25, -0.2) is 0 Å². The Hall–Kier alpha value is -4.20. The Kier molecular flexibility index (Phi) is 9.81. The first-order chi connectivity index (χ1) is 20.8. The molecular weight excluding hydrogens is 627 g/mol. The molecule has 4 rings (SSSR count). The number of nitriles is 1. The van der Waals surface area contributed by atoms with Crippen LogP contribution in [0.1, 0.15) is 45.1 Å². The lowest BCUT2D eigenvalue weighted by Crippen LogP contribution is -2.22. The third kappa shape index (κ3) is 7.12. The molecule has 15 heteroatoms. The van der Waals surface area contributed by atoms with Crippen molar-refractivity contribution >= 4 is 69.6 Å². The van der Waals surface area contributed by atoms with Crippen LogP contribution < -0.4 is 11.1 Å². The predicted octanol–water partition coefficient (Wildman–Crippen LogP) is 7.09. The molecule has 1 aromatic heterocycles.